The summed E-state index contributed by atoms with van der Waals surface area (Å²) in [5.74, 6) is -0.521. The number of ketones is 1. The maximum atomic E-state index is 13.6. The van der Waals surface area contributed by atoms with Crippen LogP contribution in [-0.4, -0.2) is 52.2 Å². The van der Waals surface area contributed by atoms with Crippen LogP contribution in [0.1, 0.15) is 28.3 Å². The van der Waals surface area contributed by atoms with Gasteiger partial charge in [0.1, 0.15) is 23.0 Å². The first-order chi connectivity index (χ1) is 18.1. The first kappa shape index (κ1) is 26.6. The smallest absolute Gasteiger partial charge is 0.300 e. The highest BCUT2D eigenvalue weighted by molar-refractivity contribution is 6.51. The van der Waals surface area contributed by atoms with Gasteiger partial charge in [0.15, 0.2) is 0 Å². The molecule has 8 heteroatoms. The summed E-state index contributed by atoms with van der Waals surface area (Å²) in [6.07, 6.45) is 0. The molecule has 0 spiro atoms. The molecule has 1 saturated heterocycles. The van der Waals surface area contributed by atoms with Crippen LogP contribution in [0.2, 0.25) is 0 Å². The number of carbonyl (C=O) groups is 2. The lowest BCUT2D eigenvalue weighted by molar-refractivity contribution is -0.132. The van der Waals surface area contributed by atoms with Crippen molar-refractivity contribution >= 4 is 28.8 Å². The van der Waals surface area contributed by atoms with Gasteiger partial charge in [-0.15, -0.1) is 0 Å². The van der Waals surface area contributed by atoms with Gasteiger partial charge < -0.3 is 24.2 Å². The molecule has 3 aromatic rings. The van der Waals surface area contributed by atoms with Gasteiger partial charge in [-0.05, 0) is 48.7 Å². The lowest BCUT2D eigenvalue weighted by Gasteiger charge is -2.27. The number of nitrogens with zero attached hydrogens (tertiary/aromatic N) is 2. The van der Waals surface area contributed by atoms with Crippen molar-refractivity contribution in [3.8, 4) is 17.2 Å². The summed E-state index contributed by atoms with van der Waals surface area (Å²) in [4.78, 5) is 30.6. The second-order valence-corrected chi connectivity index (χ2v) is 9.39. The van der Waals surface area contributed by atoms with Crippen LogP contribution in [0.25, 0.3) is 5.76 Å². The van der Waals surface area contributed by atoms with E-state index in [0.717, 1.165) is 16.8 Å². The van der Waals surface area contributed by atoms with Crippen molar-refractivity contribution in [3.63, 3.8) is 0 Å². The van der Waals surface area contributed by atoms with Gasteiger partial charge in [-0.1, -0.05) is 18.2 Å². The maximum absolute atomic E-state index is 13.6. The average molecular weight is 517 g/mol. The Balaban J connectivity index is 2.02. The first-order valence-corrected chi connectivity index (χ1v) is 12.1. The Kier molecular flexibility index (Phi) is 7.35. The van der Waals surface area contributed by atoms with Gasteiger partial charge in [0.25, 0.3) is 11.7 Å². The van der Waals surface area contributed by atoms with E-state index in [1.165, 1.54) is 26.2 Å². The SMILES string of the molecule is COc1cc(OC)cc(N2C(=O)C(=O)/C(=C(/O)c3cc(C)cc(C)c3OC)C2c2ccc(N(C)C)cc2)c1. The zero-order chi connectivity index (χ0) is 27.7. The fourth-order valence-electron chi connectivity index (χ4n) is 4.85. The maximum Gasteiger partial charge on any atom is 0.300 e. The Morgan fingerprint density at radius 3 is 2.00 bits per heavy atom. The molecule has 38 heavy (non-hydrogen) atoms. The van der Waals surface area contributed by atoms with Crippen molar-refractivity contribution in [1.82, 2.24) is 0 Å². The molecule has 8 nitrogen and oxygen atoms in total. The van der Waals surface area contributed by atoms with Crippen LogP contribution in [0.5, 0.6) is 17.2 Å². The first-order valence-electron chi connectivity index (χ1n) is 12.1. The van der Waals surface area contributed by atoms with Crippen molar-refractivity contribution in [3.05, 3.63) is 82.4 Å². The van der Waals surface area contributed by atoms with Crippen molar-refractivity contribution < 1.29 is 28.9 Å². The Bertz CT molecular complexity index is 1400. The van der Waals surface area contributed by atoms with E-state index in [2.05, 4.69) is 0 Å². The summed E-state index contributed by atoms with van der Waals surface area (Å²) in [5.41, 5.74) is 4.00. The standard InChI is InChI=1S/C30H32N2O6/c1-17-12-18(2)29(38-7)24(13-17)27(33)25-26(19-8-10-20(11-9-19)31(3)4)32(30(35)28(25)34)21-14-22(36-5)16-23(15-21)37-6/h8-16,26,33H,1-7H3/b27-25+. The quantitative estimate of drug-likeness (QED) is 0.268. The van der Waals surface area contributed by atoms with Crippen molar-refractivity contribution in [1.29, 1.82) is 0 Å². The van der Waals surface area contributed by atoms with Gasteiger partial charge in [-0.2, -0.15) is 0 Å². The fraction of sp³-hybridized carbons (Fsp3) is 0.267. The molecule has 1 aliphatic heterocycles. The normalized spacial score (nSPS) is 16.5. The van der Waals surface area contributed by atoms with Crippen molar-refractivity contribution in [2.45, 2.75) is 19.9 Å². The van der Waals surface area contributed by atoms with Gasteiger partial charge in [0, 0.05) is 38.0 Å². The number of hydrogen-bond donors (Lipinski definition) is 1. The van der Waals surface area contributed by atoms with Gasteiger partial charge in [0.05, 0.1) is 44.2 Å². The third-order valence-corrected chi connectivity index (χ3v) is 6.66. The monoisotopic (exact) mass is 516 g/mol. The summed E-state index contributed by atoms with van der Waals surface area (Å²) < 4.78 is 16.4. The van der Waals surface area contributed by atoms with E-state index in [-0.39, 0.29) is 11.3 Å². The minimum atomic E-state index is -0.909. The van der Waals surface area contributed by atoms with Crippen LogP contribution in [0.4, 0.5) is 11.4 Å². The van der Waals surface area contributed by atoms with E-state index in [4.69, 9.17) is 14.2 Å². The van der Waals surface area contributed by atoms with E-state index in [0.29, 0.717) is 34.1 Å². The number of aliphatic hydroxyl groups excluding tert-OH is 1. The molecule has 1 heterocycles. The van der Waals surface area contributed by atoms with Crippen LogP contribution >= 0.6 is 0 Å². The Hall–Kier alpha value is -4.46. The second kappa shape index (κ2) is 10.5. The molecule has 1 atom stereocenters. The molecular weight excluding hydrogens is 484 g/mol. The molecular formula is C30H32N2O6. The molecule has 1 fully saturated rings. The number of Topliss-reactive ketones (excluding diaryl/α,β-unsaturated/α-hetero) is 1. The Morgan fingerprint density at radius 1 is 0.868 bits per heavy atom. The van der Waals surface area contributed by atoms with Crippen LogP contribution in [0, 0.1) is 13.8 Å². The molecule has 1 aliphatic rings. The highest BCUT2D eigenvalue weighted by Crippen LogP contribution is 2.45. The number of aliphatic hydroxyl groups is 1. The molecule has 1 unspecified atom stereocenters. The average Bonchev–Trinajstić information content (AvgIpc) is 3.17. The van der Waals surface area contributed by atoms with Gasteiger partial charge >= 0.3 is 0 Å². The number of anilines is 2. The zero-order valence-corrected chi connectivity index (χ0v) is 22.7. The summed E-state index contributed by atoms with van der Waals surface area (Å²) in [6.45, 7) is 3.75. The molecule has 0 aromatic heterocycles. The van der Waals surface area contributed by atoms with E-state index in [1.54, 1.807) is 24.3 Å². The lowest BCUT2D eigenvalue weighted by atomic mass is 9.93. The fourth-order valence-corrected chi connectivity index (χ4v) is 4.85. The molecule has 0 aliphatic carbocycles. The summed E-state index contributed by atoms with van der Waals surface area (Å²) in [5, 5.41) is 11.7. The largest absolute Gasteiger partial charge is 0.507 e. The molecule has 1 amide bonds. The number of aryl methyl sites for hydroxylation is 2. The number of ether oxygens (including phenoxy) is 3. The minimum Gasteiger partial charge on any atom is -0.507 e. The van der Waals surface area contributed by atoms with Gasteiger partial charge in [0.2, 0.25) is 0 Å². The third-order valence-electron chi connectivity index (χ3n) is 6.66. The molecule has 0 bridgehead atoms. The zero-order valence-electron chi connectivity index (χ0n) is 22.7. The van der Waals surface area contributed by atoms with E-state index >= 15 is 0 Å². The number of amides is 1. The Morgan fingerprint density at radius 2 is 1.47 bits per heavy atom. The molecule has 4 rings (SSSR count). The van der Waals surface area contributed by atoms with E-state index in [9.17, 15) is 14.7 Å². The van der Waals surface area contributed by atoms with Crippen LogP contribution < -0.4 is 24.0 Å². The number of rotatable bonds is 7. The van der Waals surface area contributed by atoms with Gasteiger partial charge in [-0.25, -0.2) is 0 Å². The van der Waals surface area contributed by atoms with Crippen LogP contribution in [0.15, 0.2) is 60.2 Å². The number of methoxy groups -OCH3 is 3. The van der Waals surface area contributed by atoms with Crippen LogP contribution in [-0.2, 0) is 9.59 Å². The molecule has 0 radical (unpaired) electrons. The third kappa shape index (κ3) is 4.65. The van der Waals surface area contributed by atoms with E-state index in [1.807, 2.05) is 63.2 Å². The Labute approximate surface area is 222 Å². The number of hydrogen-bond acceptors (Lipinski definition) is 7. The molecule has 198 valence electrons. The summed E-state index contributed by atoms with van der Waals surface area (Å²) in [6, 6.07) is 15.3. The minimum absolute atomic E-state index is 0.0299. The number of carbonyl (C=O) groups excluding carboxylic acids is 2. The lowest BCUT2D eigenvalue weighted by Crippen LogP contribution is -2.29. The second-order valence-electron chi connectivity index (χ2n) is 9.39. The molecule has 1 N–H and O–H groups in total. The summed E-state index contributed by atoms with van der Waals surface area (Å²) >= 11 is 0. The topological polar surface area (TPSA) is 88.5 Å². The van der Waals surface area contributed by atoms with Crippen molar-refractivity contribution in [2.75, 3.05) is 45.2 Å². The van der Waals surface area contributed by atoms with Crippen molar-refractivity contribution in [2.24, 2.45) is 0 Å². The van der Waals surface area contributed by atoms with Crippen LogP contribution in [0.3, 0.4) is 0 Å². The predicted molar refractivity (Wildman–Crippen MR) is 148 cm³/mol. The predicted octanol–water partition coefficient (Wildman–Crippen LogP) is 5.02. The number of benzene rings is 3. The highest BCUT2D eigenvalue weighted by atomic mass is 16.5. The molecule has 3 aromatic carbocycles. The summed E-state index contributed by atoms with van der Waals surface area (Å²) in [7, 11) is 8.38. The van der Waals surface area contributed by atoms with E-state index < -0.39 is 17.7 Å². The van der Waals surface area contributed by atoms with Gasteiger partial charge in [-0.3, -0.25) is 14.5 Å². The molecule has 0 saturated carbocycles. The highest BCUT2D eigenvalue weighted by Gasteiger charge is 2.47.